The zero-order valence-corrected chi connectivity index (χ0v) is 9.27. The molecular weight excluding hydrogens is 221 g/mol. The fraction of sp³-hybridized carbons (Fsp3) is 0.250. The predicted molar refractivity (Wildman–Crippen MR) is 61.3 cm³/mol. The van der Waals surface area contributed by atoms with Crippen LogP contribution >= 0.6 is 0 Å². The van der Waals surface area contributed by atoms with E-state index in [2.05, 4.69) is 10.4 Å². The van der Waals surface area contributed by atoms with Gasteiger partial charge in [0, 0.05) is 18.7 Å². The van der Waals surface area contributed by atoms with E-state index in [1.54, 1.807) is 12.5 Å². The van der Waals surface area contributed by atoms with Gasteiger partial charge in [-0.3, -0.25) is 16.3 Å². The molecule has 0 fully saturated rings. The van der Waals surface area contributed by atoms with Gasteiger partial charge >= 0.3 is 0 Å². The summed E-state index contributed by atoms with van der Waals surface area (Å²) in [5.74, 6) is 5.99. The Hall–Kier alpha value is -1.72. The van der Waals surface area contributed by atoms with E-state index < -0.39 is 0 Å². The zero-order chi connectivity index (χ0) is 12.1. The van der Waals surface area contributed by atoms with Crippen LogP contribution in [0.15, 0.2) is 41.3 Å². The Bertz CT molecular complexity index is 459. The Labute approximate surface area is 98.6 Å². The zero-order valence-electron chi connectivity index (χ0n) is 9.27. The van der Waals surface area contributed by atoms with Crippen molar-refractivity contribution in [2.24, 2.45) is 5.84 Å². The Morgan fingerprint density at radius 2 is 2.35 bits per heavy atom. The molecule has 2 heterocycles. The standard InChI is InChI=1S/C12H14FN3O/c13-10-6-9(7-15-8-10)12(16-14)4-3-11-2-1-5-17-11/h1-2,5-8,12,16H,3-4,14H2. The van der Waals surface area contributed by atoms with Crippen LogP contribution in [0, 0.1) is 5.82 Å². The van der Waals surface area contributed by atoms with Crippen molar-refractivity contribution in [3.8, 4) is 0 Å². The lowest BCUT2D eigenvalue weighted by Crippen LogP contribution is -2.28. The Morgan fingerprint density at radius 3 is 3.00 bits per heavy atom. The van der Waals surface area contributed by atoms with Gasteiger partial charge in [0.05, 0.1) is 12.5 Å². The molecule has 0 radical (unpaired) electrons. The molecule has 90 valence electrons. The normalized spacial score (nSPS) is 12.6. The van der Waals surface area contributed by atoms with Crippen LogP contribution in [0.4, 0.5) is 4.39 Å². The third-order valence-electron chi connectivity index (χ3n) is 2.59. The van der Waals surface area contributed by atoms with E-state index in [0.717, 1.165) is 24.2 Å². The van der Waals surface area contributed by atoms with Crippen LogP contribution in [0.5, 0.6) is 0 Å². The highest BCUT2D eigenvalue weighted by Crippen LogP contribution is 2.18. The Balaban J connectivity index is 2.01. The van der Waals surface area contributed by atoms with Gasteiger partial charge in [-0.25, -0.2) is 4.39 Å². The van der Waals surface area contributed by atoms with Crippen molar-refractivity contribution >= 4 is 0 Å². The molecule has 1 unspecified atom stereocenters. The van der Waals surface area contributed by atoms with Crippen molar-refractivity contribution in [3.05, 3.63) is 54.0 Å². The quantitative estimate of drug-likeness (QED) is 0.614. The maximum absolute atomic E-state index is 13.0. The summed E-state index contributed by atoms with van der Waals surface area (Å²) in [5.41, 5.74) is 3.39. The van der Waals surface area contributed by atoms with Gasteiger partial charge in [-0.05, 0) is 30.2 Å². The number of hydrogen-bond acceptors (Lipinski definition) is 4. The number of hydrogen-bond donors (Lipinski definition) is 2. The molecule has 0 aliphatic rings. The summed E-state index contributed by atoms with van der Waals surface area (Å²) in [5, 5.41) is 0. The molecule has 2 rings (SSSR count). The number of aromatic nitrogens is 1. The summed E-state index contributed by atoms with van der Waals surface area (Å²) < 4.78 is 18.3. The topological polar surface area (TPSA) is 64.1 Å². The second-order valence-electron chi connectivity index (χ2n) is 3.77. The van der Waals surface area contributed by atoms with E-state index in [-0.39, 0.29) is 11.9 Å². The van der Waals surface area contributed by atoms with Gasteiger partial charge in [0.1, 0.15) is 11.6 Å². The first-order chi connectivity index (χ1) is 8.29. The average Bonchev–Trinajstić information content (AvgIpc) is 2.83. The number of pyridine rings is 1. The van der Waals surface area contributed by atoms with Crippen LogP contribution in [-0.2, 0) is 6.42 Å². The van der Waals surface area contributed by atoms with Gasteiger partial charge in [0.25, 0.3) is 0 Å². The summed E-state index contributed by atoms with van der Waals surface area (Å²) in [6, 6.07) is 5.03. The van der Waals surface area contributed by atoms with E-state index in [1.165, 1.54) is 12.3 Å². The molecule has 3 N–H and O–H groups in total. The van der Waals surface area contributed by atoms with Gasteiger partial charge in [-0.15, -0.1) is 0 Å². The van der Waals surface area contributed by atoms with E-state index in [9.17, 15) is 4.39 Å². The fourth-order valence-corrected chi connectivity index (χ4v) is 1.71. The molecule has 0 aliphatic carbocycles. The van der Waals surface area contributed by atoms with Crippen molar-refractivity contribution in [2.45, 2.75) is 18.9 Å². The largest absolute Gasteiger partial charge is 0.469 e. The molecule has 4 nitrogen and oxygen atoms in total. The molecule has 0 bridgehead atoms. The first-order valence-corrected chi connectivity index (χ1v) is 5.38. The predicted octanol–water partition coefficient (Wildman–Crippen LogP) is 1.95. The number of rotatable bonds is 5. The third kappa shape index (κ3) is 3.12. The minimum absolute atomic E-state index is 0.136. The number of nitrogens with one attached hydrogen (secondary N) is 1. The highest BCUT2D eigenvalue weighted by molar-refractivity contribution is 5.15. The highest BCUT2D eigenvalue weighted by Gasteiger charge is 2.11. The minimum Gasteiger partial charge on any atom is -0.469 e. The molecule has 0 aliphatic heterocycles. The molecule has 17 heavy (non-hydrogen) atoms. The monoisotopic (exact) mass is 235 g/mol. The van der Waals surface area contributed by atoms with E-state index in [1.807, 2.05) is 12.1 Å². The molecule has 1 atom stereocenters. The first-order valence-electron chi connectivity index (χ1n) is 5.38. The molecule has 0 amide bonds. The Morgan fingerprint density at radius 1 is 1.47 bits per heavy atom. The van der Waals surface area contributed by atoms with Gasteiger partial charge in [-0.2, -0.15) is 0 Å². The number of furan rings is 1. The van der Waals surface area contributed by atoms with Gasteiger partial charge in [0.2, 0.25) is 0 Å². The average molecular weight is 235 g/mol. The van der Waals surface area contributed by atoms with Crippen molar-refractivity contribution < 1.29 is 8.81 Å². The van der Waals surface area contributed by atoms with E-state index in [0.29, 0.717) is 0 Å². The molecule has 0 saturated heterocycles. The lowest BCUT2D eigenvalue weighted by molar-refractivity contribution is 0.456. The number of aryl methyl sites for hydroxylation is 1. The summed E-state index contributed by atoms with van der Waals surface area (Å²) in [6.45, 7) is 0. The molecule has 0 aromatic carbocycles. The summed E-state index contributed by atoms with van der Waals surface area (Å²) in [7, 11) is 0. The molecule has 0 spiro atoms. The second kappa shape index (κ2) is 5.56. The molecule has 5 heteroatoms. The maximum atomic E-state index is 13.0. The van der Waals surface area contributed by atoms with Crippen LogP contribution < -0.4 is 11.3 Å². The highest BCUT2D eigenvalue weighted by atomic mass is 19.1. The number of hydrazine groups is 1. The third-order valence-corrected chi connectivity index (χ3v) is 2.59. The van der Waals surface area contributed by atoms with Crippen LogP contribution in [-0.4, -0.2) is 4.98 Å². The lowest BCUT2D eigenvalue weighted by atomic mass is 10.0. The lowest BCUT2D eigenvalue weighted by Gasteiger charge is -2.15. The number of halogens is 1. The Kier molecular flexibility index (Phi) is 3.85. The molecule has 2 aromatic rings. The molecular formula is C12H14FN3O. The van der Waals surface area contributed by atoms with Crippen molar-refractivity contribution in [1.29, 1.82) is 0 Å². The van der Waals surface area contributed by atoms with Crippen LogP contribution in [0.3, 0.4) is 0 Å². The SMILES string of the molecule is NNC(CCc1ccco1)c1cncc(F)c1. The molecule has 2 aromatic heterocycles. The van der Waals surface area contributed by atoms with Crippen LogP contribution in [0.1, 0.15) is 23.8 Å². The molecule has 0 saturated carbocycles. The summed E-state index contributed by atoms with van der Waals surface area (Å²) in [6.07, 6.45) is 5.86. The summed E-state index contributed by atoms with van der Waals surface area (Å²) in [4.78, 5) is 3.80. The van der Waals surface area contributed by atoms with E-state index >= 15 is 0 Å². The van der Waals surface area contributed by atoms with Crippen LogP contribution in [0.25, 0.3) is 0 Å². The van der Waals surface area contributed by atoms with Gasteiger partial charge in [0.15, 0.2) is 0 Å². The van der Waals surface area contributed by atoms with Gasteiger partial charge in [-0.1, -0.05) is 0 Å². The maximum Gasteiger partial charge on any atom is 0.141 e. The minimum atomic E-state index is -0.360. The van der Waals surface area contributed by atoms with Gasteiger partial charge < -0.3 is 4.42 Å². The van der Waals surface area contributed by atoms with E-state index in [4.69, 9.17) is 10.3 Å². The van der Waals surface area contributed by atoms with Crippen molar-refractivity contribution in [1.82, 2.24) is 10.4 Å². The fourth-order valence-electron chi connectivity index (χ4n) is 1.71. The summed E-state index contributed by atoms with van der Waals surface area (Å²) >= 11 is 0. The second-order valence-corrected chi connectivity index (χ2v) is 3.77. The number of nitrogens with zero attached hydrogens (tertiary/aromatic N) is 1. The van der Waals surface area contributed by atoms with Crippen molar-refractivity contribution in [3.63, 3.8) is 0 Å². The first kappa shape index (κ1) is 11.8. The van der Waals surface area contributed by atoms with Crippen LogP contribution in [0.2, 0.25) is 0 Å². The number of nitrogens with two attached hydrogens (primary N) is 1. The smallest absolute Gasteiger partial charge is 0.141 e. The van der Waals surface area contributed by atoms with Crippen molar-refractivity contribution in [2.75, 3.05) is 0 Å².